The van der Waals surface area contributed by atoms with Gasteiger partial charge in [0, 0.05) is 31.5 Å². The molecule has 2 rings (SSSR count). The third-order valence-corrected chi connectivity index (χ3v) is 5.18. The summed E-state index contributed by atoms with van der Waals surface area (Å²) in [5.74, 6) is 0.909. The van der Waals surface area contributed by atoms with E-state index in [0.717, 1.165) is 19.3 Å². The molecular weight excluding hydrogens is 370 g/mol. The van der Waals surface area contributed by atoms with Crippen LogP contribution in [-0.4, -0.2) is 30.5 Å². The van der Waals surface area contributed by atoms with E-state index in [1.54, 1.807) is 4.57 Å². The van der Waals surface area contributed by atoms with Gasteiger partial charge in [-0.25, -0.2) is 9.78 Å². The lowest BCUT2D eigenvalue weighted by atomic mass is 10.0. The highest BCUT2D eigenvalue weighted by atomic mass is 16.2. The summed E-state index contributed by atoms with van der Waals surface area (Å²) >= 11 is 0. The van der Waals surface area contributed by atoms with Crippen molar-refractivity contribution in [2.24, 2.45) is 5.92 Å². The first-order valence-corrected chi connectivity index (χ1v) is 10.6. The Balaban J connectivity index is 2.45. The predicted molar refractivity (Wildman–Crippen MR) is 115 cm³/mol. The zero-order chi connectivity index (χ0) is 21.8. The second-order valence-corrected chi connectivity index (χ2v) is 8.75. The fourth-order valence-electron chi connectivity index (χ4n) is 3.25. The summed E-state index contributed by atoms with van der Waals surface area (Å²) in [6, 6.07) is 0. The molecule has 0 fully saturated rings. The summed E-state index contributed by atoms with van der Waals surface area (Å²) in [6.07, 6.45) is 3.28. The van der Waals surface area contributed by atoms with Crippen LogP contribution >= 0.6 is 0 Å². The van der Waals surface area contributed by atoms with E-state index in [0.29, 0.717) is 36.5 Å². The van der Waals surface area contributed by atoms with Gasteiger partial charge < -0.3 is 9.88 Å². The number of carbonyl (C=O) groups excluding carboxylic acids is 1. The van der Waals surface area contributed by atoms with Crippen LogP contribution in [-0.2, 0) is 24.3 Å². The molecule has 162 valence electrons. The van der Waals surface area contributed by atoms with Crippen molar-refractivity contribution < 1.29 is 4.79 Å². The van der Waals surface area contributed by atoms with Gasteiger partial charge in [-0.05, 0) is 32.6 Å². The van der Waals surface area contributed by atoms with Gasteiger partial charge in [-0.2, -0.15) is 0 Å². The number of amides is 1. The molecule has 0 aliphatic carbocycles. The predicted octanol–water partition coefficient (Wildman–Crippen LogP) is 2.58. The van der Waals surface area contributed by atoms with Gasteiger partial charge in [-0.3, -0.25) is 19.1 Å². The van der Waals surface area contributed by atoms with Crippen LogP contribution in [0, 0.1) is 5.92 Å². The van der Waals surface area contributed by atoms with Gasteiger partial charge in [0.2, 0.25) is 5.91 Å². The highest BCUT2D eigenvalue weighted by molar-refractivity contribution is 5.77. The number of nitrogens with zero attached hydrogens (tertiary/aromatic N) is 3. The smallest absolute Gasteiger partial charge is 0.330 e. The van der Waals surface area contributed by atoms with E-state index >= 15 is 0 Å². The second-order valence-electron chi connectivity index (χ2n) is 8.75. The van der Waals surface area contributed by atoms with E-state index in [-0.39, 0.29) is 23.8 Å². The lowest BCUT2D eigenvalue weighted by Crippen LogP contribution is -2.42. The maximum atomic E-state index is 12.6. The van der Waals surface area contributed by atoms with Gasteiger partial charge in [0.25, 0.3) is 5.56 Å². The Hall–Kier alpha value is -2.38. The van der Waals surface area contributed by atoms with Crippen molar-refractivity contribution in [1.29, 1.82) is 0 Å². The molecule has 0 unspecified atom stereocenters. The Kier molecular flexibility index (Phi) is 7.43. The number of H-pyrrole nitrogens is 1. The van der Waals surface area contributed by atoms with Crippen LogP contribution in [0.2, 0.25) is 0 Å². The number of imidazole rings is 1. The molecule has 0 radical (unpaired) electrons. The van der Waals surface area contributed by atoms with Crippen LogP contribution in [0.4, 0.5) is 0 Å². The van der Waals surface area contributed by atoms with Gasteiger partial charge in [-0.15, -0.1) is 0 Å². The lowest BCUT2D eigenvalue weighted by molar-refractivity contribution is -0.122. The molecule has 0 atom stereocenters. The molecule has 29 heavy (non-hydrogen) atoms. The summed E-state index contributed by atoms with van der Waals surface area (Å²) in [5.41, 5.74) is -0.281. The molecule has 8 nitrogen and oxygen atoms in total. The quantitative estimate of drug-likeness (QED) is 0.634. The number of unbranched alkanes of at least 4 members (excludes halogenated alkanes) is 1. The summed E-state index contributed by atoms with van der Waals surface area (Å²) < 4.78 is 3.42. The maximum Gasteiger partial charge on any atom is 0.330 e. The molecule has 0 aliphatic rings. The average Bonchev–Trinajstić information content (AvgIpc) is 2.97. The molecule has 2 aromatic rings. The Morgan fingerprint density at radius 1 is 1.21 bits per heavy atom. The molecular formula is C21H35N5O3. The van der Waals surface area contributed by atoms with Crippen LogP contribution in [0.3, 0.4) is 0 Å². The zero-order valence-corrected chi connectivity index (χ0v) is 18.6. The van der Waals surface area contributed by atoms with Crippen LogP contribution in [0.15, 0.2) is 9.59 Å². The third kappa shape index (κ3) is 5.58. The van der Waals surface area contributed by atoms with Crippen LogP contribution in [0.5, 0.6) is 0 Å². The monoisotopic (exact) mass is 405 g/mol. The van der Waals surface area contributed by atoms with Gasteiger partial charge in [0.05, 0.1) is 0 Å². The Labute approximate surface area is 171 Å². The molecule has 0 aromatic carbocycles. The number of aromatic amines is 1. The number of hydrogen-bond donors (Lipinski definition) is 2. The minimum atomic E-state index is -0.431. The fraction of sp³-hybridized carbons (Fsp3) is 0.714. The third-order valence-electron chi connectivity index (χ3n) is 5.18. The highest BCUT2D eigenvalue weighted by Gasteiger charge is 2.21. The first kappa shape index (κ1) is 22.9. The number of aromatic nitrogens is 4. The molecule has 8 heteroatoms. The SMILES string of the molecule is CCCCn1c(=O)[nH]c(=O)c2c1nc(CCC(=O)NC(C)(C)CC)n2CC(C)C. The first-order valence-electron chi connectivity index (χ1n) is 10.6. The number of hydrogen-bond acceptors (Lipinski definition) is 4. The topological polar surface area (TPSA) is 102 Å². The number of aryl methyl sites for hydroxylation is 2. The Morgan fingerprint density at radius 2 is 1.90 bits per heavy atom. The highest BCUT2D eigenvalue weighted by Crippen LogP contribution is 2.16. The van der Waals surface area contributed by atoms with E-state index in [1.807, 2.05) is 32.3 Å². The minimum absolute atomic E-state index is 0.0442. The van der Waals surface area contributed by atoms with E-state index < -0.39 is 11.2 Å². The summed E-state index contributed by atoms with van der Waals surface area (Å²) in [4.78, 5) is 44.4. The van der Waals surface area contributed by atoms with E-state index in [2.05, 4.69) is 29.1 Å². The van der Waals surface area contributed by atoms with Crippen LogP contribution in [0.1, 0.15) is 73.1 Å². The van der Waals surface area contributed by atoms with E-state index in [9.17, 15) is 14.4 Å². The van der Waals surface area contributed by atoms with Crippen molar-refractivity contribution in [2.75, 3.05) is 0 Å². The van der Waals surface area contributed by atoms with Gasteiger partial charge in [0.1, 0.15) is 5.82 Å². The zero-order valence-electron chi connectivity index (χ0n) is 18.6. The molecule has 0 bridgehead atoms. The maximum absolute atomic E-state index is 12.6. The average molecular weight is 406 g/mol. The molecule has 0 aliphatic heterocycles. The summed E-state index contributed by atoms with van der Waals surface area (Å²) in [6.45, 7) is 13.3. The van der Waals surface area contributed by atoms with Crippen molar-refractivity contribution in [3.05, 3.63) is 26.7 Å². The molecule has 0 saturated heterocycles. The van der Waals surface area contributed by atoms with Crippen LogP contribution in [0.25, 0.3) is 11.2 Å². The Morgan fingerprint density at radius 3 is 2.48 bits per heavy atom. The van der Waals surface area contributed by atoms with Crippen molar-refractivity contribution in [3.8, 4) is 0 Å². The number of rotatable bonds is 10. The van der Waals surface area contributed by atoms with Gasteiger partial charge in [0.15, 0.2) is 11.2 Å². The van der Waals surface area contributed by atoms with Gasteiger partial charge in [-0.1, -0.05) is 34.1 Å². The number of nitrogens with one attached hydrogen (secondary N) is 2. The molecule has 1 amide bonds. The van der Waals surface area contributed by atoms with Crippen molar-refractivity contribution in [1.82, 2.24) is 24.4 Å². The van der Waals surface area contributed by atoms with E-state index in [1.165, 1.54) is 0 Å². The molecule has 2 N–H and O–H groups in total. The van der Waals surface area contributed by atoms with Crippen LogP contribution < -0.4 is 16.6 Å². The van der Waals surface area contributed by atoms with Crippen molar-refractivity contribution in [2.45, 2.75) is 92.3 Å². The molecule has 2 aromatic heterocycles. The van der Waals surface area contributed by atoms with Gasteiger partial charge >= 0.3 is 5.69 Å². The minimum Gasteiger partial charge on any atom is -0.351 e. The van der Waals surface area contributed by atoms with Crippen molar-refractivity contribution >= 4 is 17.1 Å². The van der Waals surface area contributed by atoms with Crippen molar-refractivity contribution in [3.63, 3.8) is 0 Å². The standard InChI is InChI=1S/C21H35N5O3/c1-7-9-12-25-18-17(19(28)23-20(25)29)26(13-14(3)4)15(22-18)10-11-16(27)24-21(5,6)8-2/h14H,7-13H2,1-6H3,(H,24,27)(H,23,28,29). The lowest BCUT2D eigenvalue weighted by Gasteiger charge is -2.24. The molecule has 0 saturated carbocycles. The number of carbonyl (C=O) groups is 1. The normalized spacial score (nSPS) is 12.1. The first-order chi connectivity index (χ1) is 13.6. The Bertz CT molecular complexity index is 965. The fourth-order valence-corrected chi connectivity index (χ4v) is 3.25. The molecule has 2 heterocycles. The second kappa shape index (κ2) is 9.41. The summed E-state index contributed by atoms with van der Waals surface area (Å²) in [5, 5.41) is 3.03. The summed E-state index contributed by atoms with van der Waals surface area (Å²) in [7, 11) is 0. The molecule has 0 spiro atoms. The van der Waals surface area contributed by atoms with E-state index in [4.69, 9.17) is 0 Å². The largest absolute Gasteiger partial charge is 0.351 e. The number of fused-ring (bicyclic) bond motifs is 1.